The molecule has 124 valence electrons. The maximum atomic E-state index is 12.3. The SMILES string of the molecule is NC(=O)NC(=O)COC(=O)c1cc(C2CC2)nn1-c1ccccc1. The normalized spacial score (nSPS) is 13.3. The van der Waals surface area contributed by atoms with Crippen LogP contribution >= 0.6 is 0 Å². The molecule has 1 aliphatic rings. The fourth-order valence-electron chi connectivity index (χ4n) is 2.27. The van der Waals surface area contributed by atoms with Gasteiger partial charge in [-0.3, -0.25) is 10.1 Å². The van der Waals surface area contributed by atoms with Crippen LogP contribution in [-0.4, -0.2) is 34.3 Å². The smallest absolute Gasteiger partial charge is 0.357 e. The predicted molar refractivity (Wildman–Crippen MR) is 83.5 cm³/mol. The number of hydrogen-bond donors (Lipinski definition) is 2. The van der Waals surface area contributed by atoms with Crippen molar-refractivity contribution in [1.29, 1.82) is 0 Å². The highest BCUT2D eigenvalue weighted by Crippen LogP contribution is 2.39. The lowest BCUT2D eigenvalue weighted by atomic mass is 10.2. The van der Waals surface area contributed by atoms with Crippen LogP contribution in [0.2, 0.25) is 0 Å². The number of carbonyl (C=O) groups is 3. The molecule has 1 aromatic carbocycles. The molecule has 1 saturated carbocycles. The molecule has 3 amide bonds. The number of rotatable bonds is 5. The first kappa shape index (κ1) is 15.7. The van der Waals surface area contributed by atoms with E-state index in [0.717, 1.165) is 24.2 Å². The number of imide groups is 1. The fraction of sp³-hybridized carbons (Fsp3) is 0.250. The second-order valence-corrected chi connectivity index (χ2v) is 5.46. The highest BCUT2D eigenvalue weighted by atomic mass is 16.5. The number of aromatic nitrogens is 2. The van der Waals surface area contributed by atoms with Gasteiger partial charge in [-0.05, 0) is 31.0 Å². The van der Waals surface area contributed by atoms with E-state index in [-0.39, 0.29) is 5.69 Å². The summed E-state index contributed by atoms with van der Waals surface area (Å²) in [6, 6.07) is 9.86. The van der Waals surface area contributed by atoms with Gasteiger partial charge >= 0.3 is 12.0 Å². The van der Waals surface area contributed by atoms with Gasteiger partial charge in [0.15, 0.2) is 12.3 Å². The van der Waals surface area contributed by atoms with E-state index in [1.165, 1.54) is 4.68 Å². The Morgan fingerprint density at radius 2 is 1.96 bits per heavy atom. The largest absolute Gasteiger partial charge is 0.451 e. The summed E-state index contributed by atoms with van der Waals surface area (Å²) in [5.41, 5.74) is 6.61. The Balaban J connectivity index is 1.79. The first-order valence-electron chi connectivity index (χ1n) is 7.46. The van der Waals surface area contributed by atoms with Gasteiger partial charge in [0.05, 0.1) is 11.4 Å². The van der Waals surface area contributed by atoms with Crippen LogP contribution in [0.5, 0.6) is 0 Å². The molecule has 0 unspecified atom stereocenters. The zero-order valence-corrected chi connectivity index (χ0v) is 12.8. The molecule has 1 aliphatic carbocycles. The minimum atomic E-state index is -0.999. The van der Waals surface area contributed by atoms with Gasteiger partial charge in [-0.2, -0.15) is 5.10 Å². The number of primary amides is 1. The number of nitrogens with two attached hydrogens (primary N) is 1. The fourth-order valence-corrected chi connectivity index (χ4v) is 2.27. The van der Waals surface area contributed by atoms with Crippen LogP contribution in [0, 0.1) is 0 Å². The molecule has 0 spiro atoms. The van der Waals surface area contributed by atoms with Gasteiger partial charge in [0.2, 0.25) is 0 Å². The van der Waals surface area contributed by atoms with Crippen LogP contribution in [0.25, 0.3) is 5.69 Å². The molecule has 1 fully saturated rings. The molecule has 1 aromatic heterocycles. The maximum Gasteiger partial charge on any atom is 0.357 e. The quantitative estimate of drug-likeness (QED) is 0.797. The molecule has 1 heterocycles. The Kier molecular flexibility index (Phi) is 4.28. The van der Waals surface area contributed by atoms with Crippen molar-refractivity contribution in [1.82, 2.24) is 15.1 Å². The zero-order valence-electron chi connectivity index (χ0n) is 12.8. The molecular formula is C16H16N4O4. The number of esters is 1. The van der Waals surface area contributed by atoms with E-state index in [4.69, 9.17) is 10.5 Å². The van der Waals surface area contributed by atoms with Crippen molar-refractivity contribution in [3.63, 3.8) is 0 Å². The molecule has 0 atom stereocenters. The molecule has 3 N–H and O–H groups in total. The van der Waals surface area contributed by atoms with E-state index in [0.29, 0.717) is 5.92 Å². The summed E-state index contributed by atoms with van der Waals surface area (Å²) in [7, 11) is 0. The van der Waals surface area contributed by atoms with Gasteiger partial charge in [0, 0.05) is 5.92 Å². The highest BCUT2D eigenvalue weighted by molar-refractivity contribution is 5.96. The van der Waals surface area contributed by atoms with E-state index in [1.807, 2.05) is 35.6 Å². The molecule has 0 radical (unpaired) electrons. The average molecular weight is 328 g/mol. The van der Waals surface area contributed by atoms with Crippen LogP contribution in [0.1, 0.15) is 34.9 Å². The first-order valence-corrected chi connectivity index (χ1v) is 7.46. The van der Waals surface area contributed by atoms with E-state index in [9.17, 15) is 14.4 Å². The van der Waals surface area contributed by atoms with Crippen LogP contribution in [0.3, 0.4) is 0 Å². The highest BCUT2D eigenvalue weighted by Gasteiger charge is 2.29. The number of benzene rings is 1. The minimum absolute atomic E-state index is 0.231. The van der Waals surface area contributed by atoms with Crippen LogP contribution in [-0.2, 0) is 9.53 Å². The third-order valence-electron chi connectivity index (χ3n) is 3.53. The third kappa shape index (κ3) is 3.60. The lowest BCUT2D eigenvalue weighted by molar-refractivity contribution is -0.123. The van der Waals surface area contributed by atoms with E-state index in [2.05, 4.69) is 5.10 Å². The topological polar surface area (TPSA) is 116 Å². The van der Waals surface area contributed by atoms with Gasteiger partial charge in [-0.15, -0.1) is 0 Å². The second kappa shape index (κ2) is 6.53. The van der Waals surface area contributed by atoms with Gasteiger partial charge < -0.3 is 10.5 Å². The van der Waals surface area contributed by atoms with E-state index < -0.39 is 24.5 Å². The molecular weight excluding hydrogens is 312 g/mol. The summed E-state index contributed by atoms with van der Waals surface area (Å²) in [6.45, 7) is -0.597. The van der Waals surface area contributed by atoms with Gasteiger partial charge in [0.1, 0.15) is 0 Å². The Bertz CT molecular complexity index is 781. The summed E-state index contributed by atoms with van der Waals surface area (Å²) in [6.07, 6.45) is 2.09. The summed E-state index contributed by atoms with van der Waals surface area (Å²) >= 11 is 0. The lowest BCUT2D eigenvalue weighted by Gasteiger charge is -2.07. The average Bonchev–Trinajstić information content (AvgIpc) is 3.31. The minimum Gasteiger partial charge on any atom is -0.451 e. The third-order valence-corrected chi connectivity index (χ3v) is 3.53. The van der Waals surface area contributed by atoms with Crippen molar-refractivity contribution in [2.75, 3.05) is 6.61 Å². The molecule has 0 saturated heterocycles. The maximum absolute atomic E-state index is 12.3. The van der Waals surface area contributed by atoms with Crippen molar-refractivity contribution in [2.45, 2.75) is 18.8 Å². The van der Waals surface area contributed by atoms with Gasteiger partial charge in [0.25, 0.3) is 5.91 Å². The molecule has 3 rings (SSSR count). The van der Waals surface area contributed by atoms with E-state index >= 15 is 0 Å². The number of ether oxygens (including phenoxy) is 1. The molecule has 8 heteroatoms. The van der Waals surface area contributed by atoms with Crippen LogP contribution < -0.4 is 11.1 Å². The Morgan fingerprint density at radius 1 is 1.25 bits per heavy atom. The predicted octanol–water partition coefficient (Wildman–Crippen LogP) is 1.10. The number of carbonyl (C=O) groups excluding carboxylic acids is 3. The monoisotopic (exact) mass is 328 g/mol. The molecule has 8 nitrogen and oxygen atoms in total. The Hall–Kier alpha value is -3.16. The molecule has 2 aromatic rings. The lowest BCUT2D eigenvalue weighted by Crippen LogP contribution is -2.37. The van der Waals surface area contributed by atoms with Crippen molar-refractivity contribution in [3.8, 4) is 5.69 Å². The van der Waals surface area contributed by atoms with Gasteiger partial charge in [-0.25, -0.2) is 14.3 Å². The number of nitrogens with zero attached hydrogens (tertiary/aromatic N) is 2. The summed E-state index contributed by atoms with van der Waals surface area (Å²) in [5, 5.41) is 6.31. The van der Waals surface area contributed by atoms with Crippen LogP contribution in [0.4, 0.5) is 4.79 Å². The van der Waals surface area contributed by atoms with Gasteiger partial charge in [-0.1, -0.05) is 18.2 Å². The second-order valence-electron chi connectivity index (χ2n) is 5.46. The van der Waals surface area contributed by atoms with Crippen molar-refractivity contribution >= 4 is 17.9 Å². The molecule has 0 bridgehead atoms. The summed E-state index contributed by atoms with van der Waals surface area (Å²) in [4.78, 5) is 34.2. The number of amides is 3. The Morgan fingerprint density at radius 3 is 2.58 bits per heavy atom. The summed E-state index contributed by atoms with van der Waals surface area (Å²) < 4.78 is 6.45. The standard InChI is InChI=1S/C16H16N4O4/c17-16(23)18-14(21)9-24-15(22)13-8-12(10-6-7-10)19-20(13)11-4-2-1-3-5-11/h1-5,8,10H,6-7,9H2,(H3,17,18,21,23). The van der Waals surface area contributed by atoms with Crippen molar-refractivity contribution < 1.29 is 19.1 Å². The van der Waals surface area contributed by atoms with E-state index in [1.54, 1.807) is 6.07 Å². The summed E-state index contributed by atoms with van der Waals surface area (Å²) in [5.74, 6) is -1.12. The number of hydrogen-bond acceptors (Lipinski definition) is 5. The number of urea groups is 1. The molecule has 24 heavy (non-hydrogen) atoms. The zero-order chi connectivity index (χ0) is 17.1. The van der Waals surface area contributed by atoms with Crippen molar-refractivity contribution in [2.24, 2.45) is 5.73 Å². The van der Waals surface area contributed by atoms with Crippen LogP contribution in [0.15, 0.2) is 36.4 Å². The molecule has 0 aliphatic heterocycles. The number of nitrogens with one attached hydrogen (secondary N) is 1. The van der Waals surface area contributed by atoms with Crippen molar-refractivity contribution in [3.05, 3.63) is 47.8 Å². The first-order chi connectivity index (χ1) is 11.5. The number of para-hydroxylation sites is 1. The Labute approximate surface area is 137 Å².